The van der Waals surface area contributed by atoms with Gasteiger partial charge in [0.15, 0.2) is 0 Å². The van der Waals surface area contributed by atoms with E-state index >= 15 is 0 Å². The Morgan fingerprint density at radius 2 is 1.33 bits per heavy atom. The van der Waals surface area contributed by atoms with Crippen molar-refractivity contribution in [2.45, 2.75) is 26.7 Å². The van der Waals surface area contributed by atoms with Gasteiger partial charge in [-0.05, 0) is 30.1 Å². The van der Waals surface area contributed by atoms with Crippen molar-refractivity contribution in [1.29, 1.82) is 0 Å². The van der Waals surface area contributed by atoms with Gasteiger partial charge < -0.3 is 10.2 Å². The summed E-state index contributed by atoms with van der Waals surface area (Å²) < 4.78 is 0. The van der Waals surface area contributed by atoms with Gasteiger partial charge in [0.2, 0.25) is 0 Å². The molecule has 0 radical (unpaired) electrons. The summed E-state index contributed by atoms with van der Waals surface area (Å²) in [7, 11) is 0. The van der Waals surface area contributed by atoms with Crippen molar-refractivity contribution < 1.29 is 19.8 Å². The van der Waals surface area contributed by atoms with Crippen LogP contribution >= 0.6 is 0 Å². The zero-order valence-electron chi connectivity index (χ0n) is 8.93. The van der Waals surface area contributed by atoms with Crippen molar-refractivity contribution in [3.8, 4) is 0 Å². The van der Waals surface area contributed by atoms with E-state index in [0.717, 1.165) is 0 Å². The number of carboxylic acid groups (broad SMARTS) is 2. The molecular formula is C11H16O4. The Morgan fingerprint density at radius 3 is 1.53 bits per heavy atom. The van der Waals surface area contributed by atoms with E-state index in [1.807, 2.05) is 13.8 Å². The molecule has 4 unspecified atom stereocenters. The predicted octanol–water partition coefficient (Wildman–Crippen LogP) is 1.45. The van der Waals surface area contributed by atoms with Gasteiger partial charge in [0, 0.05) is 0 Å². The molecule has 2 bridgehead atoms. The minimum atomic E-state index is -0.764. The zero-order valence-corrected chi connectivity index (χ0v) is 8.93. The molecule has 2 aliphatic carbocycles. The number of carbonyl (C=O) groups is 2. The largest absolute Gasteiger partial charge is 0.481 e. The first-order valence-corrected chi connectivity index (χ1v) is 5.31. The standard InChI is InChI=1S/C11H16O4/c1-11(2)7-3-5(9(12)13)8(11)4-6(7)10(14)15/h5-8H,3-4H2,1-2H3,(H,12,13)(H,14,15). The summed E-state index contributed by atoms with van der Waals surface area (Å²) in [5.41, 5.74) is -0.133. The summed E-state index contributed by atoms with van der Waals surface area (Å²) >= 11 is 0. The summed E-state index contributed by atoms with van der Waals surface area (Å²) in [5, 5.41) is 18.1. The Bertz CT molecular complexity index is 291. The first-order valence-electron chi connectivity index (χ1n) is 5.31. The molecule has 0 aromatic carbocycles. The fourth-order valence-corrected chi connectivity index (χ4v) is 3.67. The van der Waals surface area contributed by atoms with Crippen LogP contribution in [-0.2, 0) is 9.59 Å². The Hall–Kier alpha value is -1.06. The summed E-state index contributed by atoms with van der Waals surface area (Å²) in [6.45, 7) is 4.02. The van der Waals surface area contributed by atoms with E-state index < -0.39 is 11.9 Å². The molecule has 2 fully saturated rings. The molecule has 4 heteroatoms. The summed E-state index contributed by atoms with van der Waals surface area (Å²) in [6.07, 6.45) is 1.06. The maximum atomic E-state index is 11.0. The quantitative estimate of drug-likeness (QED) is 0.726. The molecule has 0 aromatic heterocycles. The van der Waals surface area contributed by atoms with Crippen molar-refractivity contribution in [3.05, 3.63) is 0 Å². The number of rotatable bonds is 2. The molecule has 0 heterocycles. The summed E-state index contributed by atoms with van der Waals surface area (Å²) in [5.74, 6) is -2.14. The van der Waals surface area contributed by atoms with Crippen LogP contribution in [0, 0.1) is 29.1 Å². The second-order valence-corrected chi connectivity index (χ2v) is 5.40. The van der Waals surface area contributed by atoms with Gasteiger partial charge in [-0.1, -0.05) is 13.8 Å². The van der Waals surface area contributed by atoms with Crippen LogP contribution in [0.1, 0.15) is 26.7 Å². The third-order valence-corrected chi connectivity index (χ3v) is 4.53. The molecule has 2 aliphatic rings. The molecular weight excluding hydrogens is 196 g/mol. The van der Waals surface area contributed by atoms with Crippen molar-refractivity contribution in [1.82, 2.24) is 0 Å². The topological polar surface area (TPSA) is 74.6 Å². The van der Waals surface area contributed by atoms with E-state index in [4.69, 9.17) is 10.2 Å². The van der Waals surface area contributed by atoms with Crippen LogP contribution < -0.4 is 0 Å². The smallest absolute Gasteiger partial charge is 0.306 e. The van der Waals surface area contributed by atoms with Crippen LogP contribution in [0.15, 0.2) is 0 Å². The number of hydrogen-bond acceptors (Lipinski definition) is 2. The van der Waals surface area contributed by atoms with Crippen LogP contribution in [0.3, 0.4) is 0 Å². The van der Waals surface area contributed by atoms with Crippen LogP contribution in [-0.4, -0.2) is 22.2 Å². The number of hydrogen-bond donors (Lipinski definition) is 2. The lowest BCUT2D eigenvalue weighted by molar-refractivity contribution is -0.148. The van der Waals surface area contributed by atoms with Crippen LogP contribution in [0.4, 0.5) is 0 Å². The van der Waals surface area contributed by atoms with Crippen molar-refractivity contribution in [2.24, 2.45) is 29.1 Å². The van der Waals surface area contributed by atoms with Gasteiger partial charge in [-0.25, -0.2) is 0 Å². The molecule has 4 nitrogen and oxygen atoms in total. The molecule has 2 rings (SSSR count). The third-order valence-electron chi connectivity index (χ3n) is 4.53. The highest BCUT2D eigenvalue weighted by Crippen LogP contribution is 2.62. The van der Waals surface area contributed by atoms with E-state index in [2.05, 4.69) is 0 Å². The van der Waals surface area contributed by atoms with E-state index in [-0.39, 0.29) is 29.1 Å². The second kappa shape index (κ2) is 2.97. The highest BCUT2D eigenvalue weighted by molar-refractivity contribution is 5.75. The van der Waals surface area contributed by atoms with Crippen molar-refractivity contribution in [2.75, 3.05) is 0 Å². The van der Waals surface area contributed by atoms with Crippen molar-refractivity contribution >= 4 is 11.9 Å². The maximum absolute atomic E-state index is 11.0. The SMILES string of the molecule is CC1(C)C2CC(C(=O)O)C1CC2C(=O)O. The number of aliphatic carboxylic acids is 2. The number of carboxylic acids is 2. The Balaban J connectivity index is 2.27. The summed E-state index contributed by atoms with van der Waals surface area (Å²) in [4.78, 5) is 22.0. The second-order valence-electron chi connectivity index (χ2n) is 5.40. The normalized spacial score (nSPS) is 41.7. The highest BCUT2D eigenvalue weighted by Gasteiger charge is 2.61. The third kappa shape index (κ3) is 1.27. The Labute approximate surface area is 88.3 Å². The van der Waals surface area contributed by atoms with Crippen molar-refractivity contribution in [3.63, 3.8) is 0 Å². The van der Waals surface area contributed by atoms with Gasteiger partial charge in [0.05, 0.1) is 11.8 Å². The Morgan fingerprint density at radius 1 is 1.00 bits per heavy atom. The van der Waals surface area contributed by atoms with Gasteiger partial charge >= 0.3 is 11.9 Å². The fourth-order valence-electron chi connectivity index (χ4n) is 3.67. The first-order chi connectivity index (χ1) is 6.85. The van der Waals surface area contributed by atoms with Gasteiger partial charge in [0.1, 0.15) is 0 Å². The molecule has 0 aromatic rings. The molecule has 0 spiro atoms. The van der Waals surface area contributed by atoms with E-state index in [0.29, 0.717) is 12.8 Å². The van der Waals surface area contributed by atoms with Gasteiger partial charge in [-0.3, -0.25) is 9.59 Å². The molecule has 84 valence electrons. The lowest BCUT2D eigenvalue weighted by Crippen LogP contribution is -2.28. The molecule has 2 N–H and O–H groups in total. The lowest BCUT2D eigenvalue weighted by atomic mass is 9.80. The van der Waals surface area contributed by atoms with Crippen LogP contribution in [0.2, 0.25) is 0 Å². The molecule has 15 heavy (non-hydrogen) atoms. The first kappa shape index (κ1) is 10.5. The predicted molar refractivity (Wildman–Crippen MR) is 52.2 cm³/mol. The van der Waals surface area contributed by atoms with Gasteiger partial charge in [-0.15, -0.1) is 0 Å². The fraction of sp³-hybridized carbons (Fsp3) is 0.818. The monoisotopic (exact) mass is 212 g/mol. The number of fused-ring (bicyclic) bond motifs is 2. The average Bonchev–Trinajstić information content (AvgIpc) is 2.52. The molecule has 2 saturated carbocycles. The summed E-state index contributed by atoms with van der Waals surface area (Å²) in [6, 6.07) is 0. The average molecular weight is 212 g/mol. The van der Waals surface area contributed by atoms with Crippen LogP contribution in [0.25, 0.3) is 0 Å². The minimum absolute atomic E-state index is 0.0288. The molecule has 4 atom stereocenters. The van der Waals surface area contributed by atoms with Gasteiger partial charge in [-0.2, -0.15) is 0 Å². The highest BCUT2D eigenvalue weighted by atomic mass is 16.4. The van der Waals surface area contributed by atoms with E-state index in [9.17, 15) is 9.59 Å². The Kier molecular flexibility index (Phi) is 2.07. The lowest BCUT2D eigenvalue weighted by Gasteiger charge is -2.24. The minimum Gasteiger partial charge on any atom is -0.481 e. The van der Waals surface area contributed by atoms with E-state index in [1.54, 1.807) is 0 Å². The van der Waals surface area contributed by atoms with Gasteiger partial charge in [0.25, 0.3) is 0 Å². The maximum Gasteiger partial charge on any atom is 0.306 e. The van der Waals surface area contributed by atoms with E-state index in [1.165, 1.54) is 0 Å². The van der Waals surface area contributed by atoms with Crippen LogP contribution in [0.5, 0.6) is 0 Å². The molecule has 0 amide bonds. The molecule has 0 saturated heterocycles. The molecule has 0 aliphatic heterocycles. The zero-order chi connectivity index (χ0) is 11.4.